The zero-order chi connectivity index (χ0) is 22.1. The van der Waals surface area contributed by atoms with Crippen LogP contribution in [0.1, 0.15) is 89.7 Å². The maximum atomic E-state index is 15.0. The number of alkyl halides is 2. The minimum Gasteiger partial charge on any atom is -0.496 e. The first-order chi connectivity index (χ1) is 14.2. The second-order valence-corrected chi connectivity index (χ2v) is 9.82. The monoisotopic (exact) mass is 420 g/mol. The second-order valence-electron chi connectivity index (χ2n) is 9.82. The molecule has 0 aromatic heterocycles. The highest BCUT2D eigenvalue weighted by Gasteiger charge is 2.55. The molecule has 30 heavy (non-hydrogen) atoms. The minimum absolute atomic E-state index is 0.00213. The van der Waals surface area contributed by atoms with Crippen LogP contribution in [-0.2, 0) is 5.92 Å². The summed E-state index contributed by atoms with van der Waals surface area (Å²) in [7, 11) is 3.14. The van der Waals surface area contributed by atoms with Crippen molar-refractivity contribution in [1.82, 2.24) is 0 Å². The lowest BCUT2D eigenvalue weighted by Crippen LogP contribution is -2.50. The molecule has 0 radical (unpaired) electrons. The van der Waals surface area contributed by atoms with Crippen molar-refractivity contribution in [3.8, 4) is 11.5 Å². The third-order valence-corrected chi connectivity index (χ3v) is 7.66. The molecule has 0 unspecified atom stereocenters. The maximum Gasteiger partial charge on any atom is 0.273 e. The van der Waals surface area contributed by atoms with Gasteiger partial charge in [0.25, 0.3) is 5.92 Å². The first-order valence-electron chi connectivity index (χ1n) is 11.5. The summed E-state index contributed by atoms with van der Waals surface area (Å²) in [6.45, 7) is 8.95. The van der Waals surface area contributed by atoms with E-state index in [1.54, 1.807) is 26.4 Å². The molecule has 0 heterocycles. The van der Waals surface area contributed by atoms with Gasteiger partial charge in [0, 0.05) is 23.5 Å². The van der Waals surface area contributed by atoms with Crippen molar-refractivity contribution in [2.75, 3.05) is 14.2 Å². The van der Waals surface area contributed by atoms with Gasteiger partial charge in [0.15, 0.2) is 0 Å². The number of fused-ring (bicyclic) bond motifs is 1. The fourth-order valence-corrected chi connectivity index (χ4v) is 5.71. The van der Waals surface area contributed by atoms with Crippen LogP contribution in [0.25, 0.3) is 0 Å². The summed E-state index contributed by atoms with van der Waals surface area (Å²) < 4.78 is 41.4. The standard InChI is InChI=1S/C26H38F2O2/c1-7-8-9-10-11-12-26(27,28)18-14-22(29-5)24(23(15-18)30-6)19-13-17(2)20-16-21(19)25(20,3)4/h13-15,19-21H,7-12,16H2,1-6H3/t19-,20-,21-/m0/s1. The zero-order valence-electron chi connectivity index (χ0n) is 19.5. The summed E-state index contributed by atoms with van der Waals surface area (Å²) in [6, 6.07) is 3.09. The number of unbranched alkanes of at least 4 members (excludes halogenated alkanes) is 4. The number of hydrogen-bond donors (Lipinski definition) is 0. The van der Waals surface area contributed by atoms with Gasteiger partial charge in [-0.2, -0.15) is 0 Å². The van der Waals surface area contributed by atoms with Crippen molar-refractivity contribution in [3.05, 3.63) is 34.9 Å². The van der Waals surface area contributed by atoms with Gasteiger partial charge in [0.1, 0.15) is 11.5 Å². The summed E-state index contributed by atoms with van der Waals surface area (Å²) in [5.74, 6) is -0.627. The van der Waals surface area contributed by atoms with Crippen LogP contribution in [0.15, 0.2) is 23.8 Å². The molecule has 0 N–H and O–H groups in total. The molecule has 1 aromatic carbocycles. The summed E-state index contributed by atoms with van der Waals surface area (Å²) in [5, 5.41) is 0. The first kappa shape index (κ1) is 23.1. The summed E-state index contributed by atoms with van der Waals surface area (Å²) in [6.07, 6.45) is 7.92. The second kappa shape index (κ2) is 8.88. The van der Waals surface area contributed by atoms with Gasteiger partial charge in [-0.3, -0.25) is 0 Å². The Morgan fingerprint density at radius 3 is 2.13 bits per heavy atom. The van der Waals surface area contributed by atoms with E-state index in [1.807, 2.05) is 0 Å². The molecule has 0 saturated heterocycles. The third-order valence-electron chi connectivity index (χ3n) is 7.66. The van der Waals surface area contributed by atoms with Gasteiger partial charge >= 0.3 is 0 Å². The number of rotatable bonds is 10. The Morgan fingerprint density at radius 1 is 1.03 bits per heavy atom. The van der Waals surface area contributed by atoms with Crippen molar-refractivity contribution in [3.63, 3.8) is 0 Å². The summed E-state index contributed by atoms with van der Waals surface area (Å²) in [4.78, 5) is 0. The molecule has 4 heteroatoms. The highest BCUT2D eigenvalue weighted by atomic mass is 19.3. The van der Waals surface area contributed by atoms with Crippen molar-refractivity contribution in [1.29, 1.82) is 0 Å². The number of methoxy groups -OCH3 is 2. The number of allylic oxidation sites excluding steroid dienone is 2. The van der Waals surface area contributed by atoms with E-state index in [1.165, 1.54) is 5.57 Å². The van der Waals surface area contributed by atoms with Gasteiger partial charge in [-0.15, -0.1) is 0 Å². The summed E-state index contributed by atoms with van der Waals surface area (Å²) >= 11 is 0. The molecule has 4 rings (SSSR count). The normalized spacial score (nSPS) is 24.8. The maximum absolute atomic E-state index is 15.0. The number of hydrogen-bond acceptors (Lipinski definition) is 2. The van der Waals surface area contributed by atoms with E-state index in [4.69, 9.17) is 9.47 Å². The molecular weight excluding hydrogens is 382 g/mol. The van der Waals surface area contributed by atoms with Crippen LogP contribution in [0.4, 0.5) is 8.78 Å². The topological polar surface area (TPSA) is 18.5 Å². The Kier molecular flexibility index (Phi) is 6.84. The van der Waals surface area contributed by atoms with Gasteiger partial charge in [0.05, 0.1) is 14.2 Å². The molecule has 1 fully saturated rings. The summed E-state index contributed by atoms with van der Waals surface area (Å²) in [5.41, 5.74) is 2.51. The molecule has 3 aliphatic rings. The predicted octanol–water partition coefficient (Wildman–Crippen LogP) is 7.86. The Hall–Kier alpha value is -1.58. The molecule has 3 atom stereocenters. The van der Waals surface area contributed by atoms with Gasteiger partial charge < -0.3 is 9.47 Å². The van der Waals surface area contributed by atoms with Gasteiger partial charge in [0.2, 0.25) is 0 Å². The molecule has 2 nitrogen and oxygen atoms in total. The average molecular weight is 421 g/mol. The molecule has 0 aliphatic heterocycles. The minimum atomic E-state index is -2.88. The van der Waals surface area contributed by atoms with E-state index in [0.29, 0.717) is 29.8 Å². The van der Waals surface area contributed by atoms with Crippen LogP contribution >= 0.6 is 0 Å². The largest absolute Gasteiger partial charge is 0.496 e. The number of benzene rings is 1. The van der Waals surface area contributed by atoms with Crippen molar-refractivity contribution in [2.24, 2.45) is 17.3 Å². The Labute approximate surface area is 181 Å². The Morgan fingerprint density at radius 2 is 1.63 bits per heavy atom. The quantitative estimate of drug-likeness (QED) is 0.283. The van der Waals surface area contributed by atoms with Gasteiger partial charge in [-0.1, -0.05) is 58.1 Å². The lowest BCUT2D eigenvalue weighted by molar-refractivity contribution is -0.0208. The Balaban J connectivity index is 1.91. The van der Waals surface area contributed by atoms with Crippen LogP contribution in [0.5, 0.6) is 11.5 Å². The fraction of sp³-hybridized carbons (Fsp3) is 0.692. The van der Waals surface area contributed by atoms with E-state index >= 15 is 8.78 Å². The number of ether oxygens (including phenoxy) is 2. The smallest absolute Gasteiger partial charge is 0.273 e. The zero-order valence-corrected chi connectivity index (χ0v) is 19.5. The van der Waals surface area contributed by atoms with Crippen LogP contribution < -0.4 is 9.47 Å². The Bertz CT molecular complexity index is 756. The van der Waals surface area contributed by atoms with E-state index in [2.05, 4.69) is 33.8 Å². The van der Waals surface area contributed by atoms with Crippen molar-refractivity contribution >= 4 is 0 Å². The molecule has 1 aromatic rings. The predicted molar refractivity (Wildman–Crippen MR) is 119 cm³/mol. The highest BCUT2D eigenvalue weighted by molar-refractivity contribution is 5.54. The van der Waals surface area contributed by atoms with E-state index in [-0.39, 0.29) is 23.3 Å². The molecule has 2 bridgehead atoms. The van der Waals surface area contributed by atoms with Crippen LogP contribution in [0, 0.1) is 17.3 Å². The molecule has 168 valence electrons. The molecule has 1 saturated carbocycles. The van der Waals surface area contributed by atoms with E-state index in [0.717, 1.165) is 37.7 Å². The average Bonchev–Trinajstić information content (AvgIpc) is 2.71. The van der Waals surface area contributed by atoms with Gasteiger partial charge in [-0.05, 0) is 49.1 Å². The molecule has 3 aliphatic carbocycles. The van der Waals surface area contributed by atoms with Crippen LogP contribution in [-0.4, -0.2) is 14.2 Å². The van der Waals surface area contributed by atoms with Crippen LogP contribution in [0.3, 0.4) is 0 Å². The van der Waals surface area contributed by atoms with E-state index < -0.39 is 5.92 Å². The van der Waals surface area contributed by atoms with Crippen LogP contribution in [0.2, 0.25) is 0 Å². The lowest BCUT2D eigenvalue weighted by Gasteiger charge is -2.59. The fourth-order valence-electron chi connectivity index (χ4n) is 5.71. The van der Waals surface area contributed by atoms with Crippen molar-refractivity contribution in [2.45, 2.75) is 84.5 Å². The molecule has 0 amide bonds. The van der Waals surface area contributed by atoms with Gasteiger partial charge in [-0.25, -0.2) is 8.78 Å². The SMILES string of the molecule is CCCCCCCC(F)(F)c1cc(OC)c([C@H]2C=C(C)[C@@H]3C[C@@H]2C3(C)C)c(OC)c1. The van der Waals surface area contributed by atoms with Crippen molar-refractivity contribution < 1.29 is 18.3 Å². The number of halogens is 2. The molecular formula is C26H38F2O2. The highest BCUT2D eigenvalue weighted by Crippen LogP contribution is 2.65. The third kappa shape index (κ3) is 4.11. The first-order valence-corrected chi connectivity index (χ1v) is 11.5. The lowest BCUT2D eigenvalue weighted by atomic mass is 9.45. The molecule has 0 spiro atoms. The van der Waals surface area contributed by atoms with E-state index in [9.17, 15) is 0 Å².